The molecule has 0 saturated heterocycles. The normalized spacial score (nSPS) is 16.2. The molecule has 1 unspecified atom stereocenters. The van der Waals surface area contributed by atoms with Crippen molar-refractivity contribution in [3.8, 4) is 17.1 Å². The quantitative estimate of drug-likeness (QED) is 0.476. The lowest BCUT2D eigenvalue weighted by atomic mass is 10.0. The molecule has 1 aliphatic heterocycles. The van der Waals surface area contributed by atoms with E-state index in [9.17, 15) is 5.11 Å². The van der Waals surface area contributed by atoms with Crippen LogP contribution in [0.3, 0.4) is 0 Å². The Labute approximate surface area is 177 Å². The van der Waals surface area contributed by atoms with E-state index < -0.39 is 0 Å². The average molecular weight is 415 g/mol. The summed E-state index contributed by atoms with van der Waals surface area (Å²) in [7, 11) is 0. The number of nitrogens with zero attached hydrogens (tertiary/aromatic N) is 4. The van der Waals surface area contributed by atoms with Gasteiger partial charge in [0, 0.05) is 12.0 Å². The number of quaternary nitrogens is 1. The van der Waals surface area contributed by atoms with Gasteiger partial charge in [-0.1, -0.05) is 42.5 Å². The van der Waals surface area contributed by atoms with Crippen LogP contribution < -0.4 is 4.90 Å². The van der Waals surface area contributed by atoms with Crippen molar-refractivity contribution in [1.82, 2.24) is 19.6 Å². The Morgan fingerprint density at radius 2 is 1.90 bits per heavy atom. The van der Waals surface area contributed by atoms with Crippen LogP contribution in [0.4, 0.5) is 0 Å². The lowest BCUT2D eigenvalue weighted by Crippen LogP contribution is -3.10. The van der Waals surface area contributed by atoms with E-state index in [0.29, 0.717) is 11.4 Å². The maximum Gasteiger partial charge on any atom is 0.185 e. The van der Waals surface area contributed by atoms with Gasteiger partial charge in [-0.2, -0.15) is 0 Å². The first-order valence-electron chi connectivity index (χ1n) is 10.1. The first-order chi connectivity index (χ1) is 14.8. The second kappa shape index (κ2) is 6.90. The molecule has 30 heavy (non-hydrogen) atoms. The number of aromatic nitrogens is 4. The van der Waals surface area contributed by atoms with Gasteiger partial charge >= 0.3 is 0 Å². The van der Waals surface area contributed by atoms with Crippen LogP contribution in [0.5, 0.6) is 5.75 Å². The Bertz CT molecular complexity index is 1370. The number of thiophene rings is 1. The molecule has 3 aromatic heterocycles. The fourth-order valence-corrected chi connectivity index (χ4v) is 5.59. The molecule has 0 bridgehead atoms. The molecule has 6 nitrogen and oxygen atoms in total. The lowest BCUT2D eigenvalue weighted by Gasteiger charge is -2.24. The van der Waals surface area contributed by atoms with Gasteiger partial charge in [0.25, 0.3) is 0 Å². The van der Waals surface area contributed by atoms with Gasteiger partial charge in [-0.05, 0) is 17.7 Å². The summed E-state index contributed by atoms with van der Waals surface area (Å²) in [6.07, 6.45) is 2.74. The van der Waals surface area contributed by atoms with Gasteiger partial charge in [0.05, 0.1) is 22.4 Å². The largest absolute Gasteiger partial charge is 0.507 e. The Balaban J connectivity index is 1.40. The minimum atomic E-state index is 0.185. The molecule has 0 spiro atoms. The third kappa shape index (κ3) is 2.86. The molecule has 0 radical (unpaired) electrons. The van der Waals surface area contributed by atoms with Gasteiger partial charge in [-0.15, -0.1) is 16.4 Å². The zero-order valence-electron chi connectivity index (χ0n) is 16.2. The predicted molar refractivity (Wildman–Crippen MR) is 117 cm³/mol. The molecule has 0 aliphatic carbocycles. The first kappa shape index (κ1) is 17.6. The number of aromatic hydroxyl groups is 1. The van der Waals surface area contributed by atoms with Gasteiger partial charge in [0.2, 0.25) is 0 Å². The molecule has 0 saturated carbocycles. The molecule has 0 amide bonds. The number of rotatable bonds is 3. The molecule has 7 heteroatoms. The fraction of sp³-hybridized carbons (Fsp3) is 0.174. The molecule has 1 atom stereocenters. The van der Waals surface area contributed by atoms with Gasteiger partial charge in [-0.25, -0.2) is 14.5 Å². The maximum absolute atomic E-state index is 10.2. The van der Waals surface area contributed by atoms with Crippen LogP contribution in [-0.2, 0) is 19.5 Å². The van der Waals surface area contributed by atoms with Crippen LogP contribution in [-0.4, -0.2) is 31.2 Å². The van der Waals surface area contributed by atoms with Crippen molar-refractivity contribution in [1.29, 1.82) is 0 Å². The van der Waals surface area contributed by atoms with Crippen LogP contribution in [0.15, 0.2) is 60.9 Å². The number of para-hydroxylation sites is 1. The summed E-state index contributed by atoms with van der Waals surface area (Å²) in [5, 5.41) is 15.9. The molecule has 6 rings (SSSR count). The first-order valence-corrected chi connectivity index (χ1v) is 10.9. The molecule has 148 valence electrons. The summed E-state index contributed by atoms with van der Waals surface area (Å²) in [5.74, 6) is 0.708. The second-order valence-electron chi connectivity index (χ2n) is 7.74. The fourth-order valence-electron chi connectivity index (χ4n) is 4.34. The third-order valence-corrected chi connectivity index (χ3v) is 6.93. The minimum absolute atomic E-state index is 0.185. The Kier molecular flexibility index (Phi) is 4.04. The summed E-state index contributed by atoms with van der Waals surface area (Å²) in [6, 6.07) is 17.9. The average Bonchev–Trinajstić information content (AvgIpc) is 3.35. The number of nitrogens with one attached hydrogen (secondary N) is 1. The van der Waals surface area contributed by atoms with Gasteiger partial charge < -0.3 is 10.0 Å². The van der Waals surface area contributed by atoms with E-state index in [4.69, 9.17) is 4.98 Å². The van der Waals surface area contributed by atoms with Crippen molar-refractivity contribution in [2.75, 3.05) is 6.54 Å². The summed E-state index contributed by atoms with van der Waals surface area (Å²) in [4.78, 5) is 13.4. The molecule has 1 aliphatic rings. The lowest BCUT2D eigenvalue weighted by molar-refractivity contribution is -0.929. The topological polar surface area (TPSA) is 67.8 Å². The summed E-state index contributed by atoms with van der Waals surface area (Å²) in [6.45, 7) is 3.15. The van der Waals surface area contributed by atoms with E-state index in [0.717, 1.165) is 41.9 Å². The summed E-state index contributed by atoms with van der Waals surface area (Å²) < 4.78 is 1.74. The van der Waals surface area contributed by atoms with E-state index in [1.165, 1.54) is 16.0 Å². The highest BCUT2D eigenvalue weighted by molar-refractivity contribution is 7.19. The predicted octanol–water partition coefficient (Wildman–Crippen LogP) is 2.85. The van der Waals surface area contributed by atoms with Crippen molar-refractivity contribution in [2.24, 2.45) is 0 Å². The summed E-state index contributed by atoms with van der Waals surface area (Å²) in [5.41, 5.74) is 4.20. The van der Waals surface area contributed by atoms with Crippen LogP contribution in [0.2, 0.25) is 0 Å². The van der Waals surface area contributed by atoms with E-state index in [1.54, 1.807) is 39.2 Å². The zero-order chi connectivity index (χ0) is 20.1. The molecule has 5 aromatic rings. The van der Waals surface area contributed by atoms with Crippen LogP contribution in [0.1, 0.15) is 16.0 Å². The van der Waals surface area contributed by atoms with Crippen molar-refractivity contribution in [3.63, 3.8) is 0 Å². The monoisotopic (exact) mass is 414 g/mol. The smallest absolute Gasteiger partial charge is 0.185 e. The van der Waals surface area contributed by atoms with E-state index in [-0.39, 0.29) is 5.75 Å². The van der Waals surface area contributed by atoms with E-state index >= 15 is 0 Å². The number of benzene rings is 2. The van der Waals surface area contributed by atoms with Crippen LogP contribution in [0, 0.1) is 0 Å². The Morgan fingerprint density at radius 1 is 1.07 bits per heavy atom. The standard InChI is InChI=1S/C23H19N5OS/c29-18-9-5-4-8-16(18)21-25-22-20-17-10-11-27(12-15-6-2-1-3-7-15)13-19(17)30-23(20)24-14-28(22)26-21/h1-9,14,29H,10-13H2/p+1. The van der Waals surface area contributed by atoms with E-state index in [1.807, 2.05) is 12.1 Å². The minimum Gasteiger partial charge on any atom is -0.507 e. The van der Waals surface area contributed by atoms with Crippen LogP contribution >= 0.6 is 11.3 Å². The molecule has 2 N–H and O–H groups in total. The molecule has 0 fully saturated rings. The van der Waals surface area contributed by atoms with Crippen molar-refractivity contribution in [3.05, 3.63) is 76.9 Å². The molecular weight excluding hydrogens is 394 g/mol. The SMILES string of the molecule is Oc1ccccc1-c1nc2c3c4c(sc3ncn2n1)C[NH+](Cc1ccccc1)CC4. The van der Waals surface area contributed by atoms with Crippen molar-refractivity contribution < 1.29 is 10.0 Å². The van der Waals surface area contributed by atoms with Crippen LogP contribution in [0.25, 0.3) is 27.3 Å². The zero-order valence-corrected chi connectivity index (χ0v) is 17.1. The van der Waals surface area contributed by atoms with E-state index in [2.05, 4.69) is 40.4 Å². The van der Waals surface area contributed by atoms with Gasteiger partial charge in [0.1, 0.15) is 30.0 Å². The number of hydrogen-bond donors (Lipinski definition) is 2. The molecular formula is C23H20N5OS+. The van der Waals surface area contributed by atoms with Crippen molar-refractivity contribution >= 4 is 27.2 Å². The molecule has 2 aromatic carbocycles. The highest BCUT2D eigenvalue weighted by Crippen LogP contribution is 2.34. The molecule has 4 heterocycles. The second-order valence-corrected chi connectivity index (χ2v) is 8.82. The highest BCUT2D eigenvalue weighted by atomic mass is 32.1. The van der Waals surface area contributed by atoms with Gasteiger partial charge in [-0.3, -0.25) is 0 Å². The third-order valence-electron chi connectivity index (χ3n) is 5.79. The van der Waals surface area contributed by atoms with Crippen molar-refractivity contribution in [2.45, 2.75) is 19.5 Å². The van der Waals surface area contributed by atoms with Gasteiger partial charge in [0.15, 0.2) is 11.5 Å². The number of fused-ring (bicyclic) bond motifs is 5. The number of phenolic OH excluding ortho intramolecular Hbond substituents is 1. The summed E-state index contributed by atoms with van der Waals surface area (Å²) >= 11 is 1.77. The Morgan fingerprint density at radius 3 is 2.77 bits per heavy atom. The highest BCUT2D eigenvalue weighted by Gasteiger charge is 2.27. The number of phenols is 1. The number of hydrogen-bond acceptors (Lipinski definition) is 5. The maximum atomic E-state index is 10.2. The Hall–Kier alpha value is -3.29.